The lowest BCUT2D eigenvalue weighted by molar-refractivity contribution is 0.0982. The number of rotatable bonds is 3. The second kappa shape index (κ2) is 3.97. The van der Waals surface area contributed by atoms with E-state index in [9.17, 15) is 0 Å². The smallest absolute Gasteiger partial charge is 0.00343 e. The highest BCUT2D eigenvalue weighted by Crippen LogP contribution is 2.22. The van der Waals surface area contributed by atoms with Gasteiger partial charge < -0.3 is 9.80 Å². The first-order valence-electron chi connectivity index (χ1n) is 5.68. The Morgan fingerprint density at radius 2 is 1.92 bits per heavy atom. The van der Waals surface area contributed by atoms with Crippen molar-refractivity contribution >= 4 is 0 Å². The third-order valence-electron chi connectivity index (χ3n) is 3.60. The molecular weight excluding hydrogens is 160 g/mol. The van der Waals surface area contributed by atoms with Crippen LogP contribution >= 0.6 is 0 Å². The summed E-state index contributed by atoms with van der Waals surface area (Å²) < 4.78 is 0. The molecule has 0 N–H and O–H groups in total. The van der Waals surface area contributed by atoms with Crippen molar-refractivity contribution in [3.05, 3.63) is 0 Å². The van der Waals surface area contributed by atoms with Crippen molar-refractivity contribution in [3.63, 3.8) is 0 Å². The molecular formula is C11H22N2. The van der Waals surface area contributed by atoms with Crippen molar-refractivity contribution in [2.45, 2.75) is 19.8 Å². The van der Waals surface area contributed by atoms with Gasteiger partial charge in [-0.1, -0.05) is 13.3 Å². The predicted molar refractivity (Wildman–Crippen MR) is 55.8 cm³/mol. The lowest BCUT2D eigenvalue weighted by Gasteiger charge is -2.38. The molecule has 2 aliphatic rings. The number of likely N-dealkylation sites (tertiary alicyclic amines) is 2. The maximum atomic E-state index is 2.67. The minimum Gasteiger partial charge on any atom is -0.306 e. The molecule has 2 nitrogen and oxygen atoms in total. The molecule has 2 fully saturated rings. The van der Waals surface area contributed by atoms with Crippen LogP contribution in [-0.4, -0.2) is 49.6 Å². The van der Waals surface area contributed by atoms with Crippen LogP contribution in [0.1, 0.15) is 19.8 Å². The molecule has 0 bridgehead atoms. The Balaban J connectivity index is 1.66. The molecule has 0 amide bonds. The quantitative estimate of drug-likeness (QED) is 0.649. The molecule has 0 aromatic rings. The summed E-state index contributed by atoms with van der Waals surface area (Å²) in [5.74, 6) is 1.97. The number of hydrogen-bond acceptors (Lipinski definition) is 2. The van der Waals surface area contributed by atoms with Crippen molar-refractivity contribution in [2.24, 2.45) is 11.8 Å². The summed E-state index contributed by atoms with van der Waals surface area (Å²) in [7, 11) is 2.22. The van der Waals surface area contributed by atoms with Crippen LogP contribution in [-0.2, 0) is 0 Å². The normalized spacial score (nSPS) is 32.3. The Morgan fingerprint density at radius 1 is 1.15 bits per heavy atom. The van der Waals surface area contributed by atoms with Crippen LogP contribution in [0.25, 0.3) is 0 Å². The fraction of sp³-hybridized carbons (Fsp3) is 1.00. The molecule has 0 radical (unpaired) electrons. The van der Waals surface area contributed by atoms with Gasteiger partial charge in [0.15, 0.2) is 0 Å². The summed E-state index contributed by atoms with van der Waals surface area (Å²) in [6.07, 6.45) is 2.82. The number of hydrogen-bond donors (Lipinski definition) is 0. The molecule has 0 aromatic heterocycles. The first-order valence-corrected chi connectivity index (χ1v) is 5.68. The monoisotopic (exact) mass is 182 g/mol. The third kappa shape index (κ3) is 2.23. The first kappa shape index (κ1) is 9.47. The average molecular weight is 182 g/mol. The number of nitrogens with zero attached hydrogens (tertiary/aromatic N) is 2. The molecule has 13 heavy (non-hydrogen) atoms. The lowest BCUT2D eigenvalue weighted by Crippen LogP contribution is -2.48. The zero-order valence-electron chi connectivity index (χ0n) is 9.00. The maximum absolute atomic E-state index is 2.67. The Kier molecular flexibility index (Phi) is 2.89. The van der Waals surface area contributed by atoms with Gasteiger partial charge in [-0.2, -0.15) is 0 Å². The van der Waals surface area contributed by atoms with Crippen LogP contribution in [0.15, 0.2) is 0 Å². The minimum absolute atomic E-state index is 0.973. The van der Waals surface area contributed by atoms with Gasteiger partial charge in [0, 0.05) is 26.2 Å². The summed E-state index contributed by atoms with van der Waals surface area (Å²) in [5, 5.41) is 0. The molecule has 1 atom stereocenters. The summed E-state index contributed by atoms with van der Waals surface area (Å²) in [4.78, 5) is 5.09. The molecule has 1 unspecified atom stereocenters. The van der Waals surface area contributed by atoms with Gasteiger partial charge in [-0.3, -0.25) is 0 Å². The van der Waals surface area contributed by atoms with E-state index in [0.717, 1.165) is 11.8 Å². The van der Waals surface area contributed by atoms with Gasteiger partial charge in [-0.25, -0.2) is 0 Å². The molecule has 0 aliphatic carbocycles. The summed E-state index contributed by atoms with van der Waals surface area (Å²) in [6.45, 7) is 9.07. The largest absolute Gasteiger partial charge is 0.306 e. The minimum atomic E-state index is 0.973. The summed E-state index contributed by atoms with van der Waals surface area (Å²) in [6, 6.07) is 0. The van der Waals surface area contributed by atoms with Crippen molar-refractivity contribution in [3.8, 4) is 0 Å². The highest BCUT2D eigenvalue weighted by atomic mass is 15.2. The highest BCUT2D eigenvalue weighted by Gasteiger charge is 2.28. The van der Waals surface area contributed by atoms with Crippen LogP contribution in [0.3, 0.4) is 0 Å². The first-order chi connectivity index (χ1) is 6.28. The van der Waals surface area contributed by atoms with E-state index in [4.69, 9.17) is 0 Å². The van der Waals surface area contributed by atoms with E-state index < -0.39 is 0 Å². The van der Waals surface area contributed by atoms with E-state index >= 15 is 0 Å². The van der Waals surface area contributed by atoms with Crippen LogP contribution in [0.4, 0.5) is 0 Å². The molecule has 2 aliphatic heterocycles. The molecule has 2 heteroatoms. The average Bonchev–Trinajstić information content (AvgIpc) is 2.50. The van der Waals surface area contributed by atoms with Gasteiger partial charge in [0.05, 0.1) is 0 Å². The van der Waals surface area contributed by atoms with E-state index in [2.05, 4.69) is 23.8 Å². The topological polar surface area (TPSA) is 6.48 Å². The van der Waals surface area contributed by atoms with Crippen LogP contribution in [0.5, 0.6) is 0 Å². The maximum Gasteiger partial charge on any atom is 0.00343 e. The lowest BCUT2D eigenvalue weighted by atomic mass is 10.0. The fourth-order valence-electron chi connectivity index (χ4n) is 2.72. The van der Waals surface area contributed by atoms with E-state index in [1.54, 1.807) is 0 Å². The molecule has 2 heterocycles. The van der Waals surface area contributed by atoms with E-state index in [1.165, 1.54) is 45.6 Å². The summed E-state index contributed by atoms with van der Waals surface area (Å²) >= 11 is 0. The molecule has 0 saturated carbocycles. The van der Waals surface area contributed by atoms with Crippen LogP contribution < -0.4 is 0 Å². The molecule has 76 valence electrons. The van der Waals surface area contributed by atoms with Gasteiger partial charge in [0.2, 0.25) is 0 Å². The summed E-state index contributed by atoms with van der Waals surface area (Å²) in [5.41, 5.74) is 0. The zero-order chi connectivity index (χ0) is 9.26. The zero-order valence-corrected chi connectivity index (χ0v) is 9.00. The standard InChI is InChI=1S/C11H22N2/c1-3-10-4-5-13(8-10)9-11-6-12(2)7-11/h10-11H,3-9H2,1-2H3. The molecule has 2 saturated heterocycles. The molecule has 0 spiro atoms. The van der Waals surface area contributed by atoms with Crippen molar-refractivity contribution < 1.29 is 0 Å². The van der Waals surface area contributed by atoms with E-state index in [-0.39, 0.29) is 0 Å². The van der Waals surface area contributed by atoms with Gasteiger partial charge in [0.1, 0.15) is 0 Å². The highest BCUT2D eigenvalue weighted by molar-refractivity contribution is 4.83. The van der Waals surface area contributed by atoms with Gasteiger partial charge in [-0.05, 0) is 31.8 Å². The second-order valence-corrected chi connectivity index (χ2v) is 4.91. The Bertz CT molecular complexity index is 163. The van der Waals surface area contributed by atoms with Gasteiger partial charge in [0.25, 0.3) is 0 Å². The van der Waals surface area contributed by atoms with E-state index in [1.807, 2.05) is 0 Å². The van der Waals surface area contributed by atoms with Crippen molar-refractivity contribution in [1.82, 2.24) is 9.80 Å². The van der Waals surface area contributed by atoms with Gasteiger partial charge in [-0.15, -0.1) is 0 Å². The Morgan fingerprint density at radius 3 is 2.46 bits per heavy atom. The fourth-order valence-corrected chi connectivity index (χ4v) is 2.72. The Labute approximate surface area is 81.9 Å². The van der Waals surface area contributed by atoms with Crippen LogP contribution in [0.2, 0.25) is 0 Å². The molecule has 0 aromatic carbocycles. The Hall–Kier alpha value is -0.0800. The van der Waals surface area contributed by atoms with E-state index in [0.29, 0.717) is 0 Å². The second-order valence-electron chi connectivity index (χ2n) is 4.91. The van der Waals surface area contributed by atoms with Crippen LogP contribution in [0, 0.1) is 11.8 Å². The SMILES string of the molecule is CCC1CCN(CC2CN(C)C2)C1. The van der Waals surface area contributed by atoms with Gasteiger partial charge >= 0.3 is 0 Å². The third-order valence-corrected chi connectivity index (χ3v) is 3.60. The predicted octanol–water partition coefficient (Wildman–Crippen LogP) is 1.28. The van der Waals surface area contributed by atoms with Crippen molar-refractivity contribution in [1.29, 1.82) is 0 Å². The van der Waals surface area contributed by atoms with Crippen molar-refractivity contribution in [2.75, 3.05) is 39.8 Å². The molecule has 2 rings (SSSR count).